The third kappa shape index (κ3) is 4.79. The smallest absolute Gasteiger partial charge is 0.274 e. The van der Waals surface area contributed by atoms with E-state index in [1.807, 2.05) is 24.3 Å². The van der Waals surface area contributed by atoms with Gasteiger partial charge in [-0.05, 0) is 36.2 Å². The fourth-order valence-electron chi connectivity index (χ4n) is 2.57. The molecule has 0 aliphatic heterocycles. The van der Waals surface area contributed by atoms with Crippen LogP contribution < -0.4 is 15.4 Å². The van der Waals surface area contributed by atoms with Gasteiger partial charge >= 0.3 is 0 Å². The summed E-state index contributed by atoms with van der Waals surface area (Å²) in [4.78, 5) is 20.5. The Labute approximate surface area is 160 Å². The van der Waals surface area contributed by atoms with Gasteiger partial charge in [0, 0.05) is 18.8 Å². The van der Waals surface area contributed by atoms with Gasteiger partial charge in [0.25, 0.3) is 5.91 Å². The number of hydrogen-bond donors (Lipinski definition) is 2. The summed E-state index contributed by atoms with van der Waals surface area (Å²) in [7, 11) is 1.61. The molecule has 28 heavy (non-hydrogen) atoms. The number of rotatable bonds is 7. The van der Waals surface area contributed by atoms with E-state index in [0.717, 1.165) is 23.4 Å². The van der Waals surface area contributed by atoms with E-state index in [4.69, 9.17) is 4.74 Å². The average Bonchev–Trinajstić information content (AvgIpc) is 2.70. The lowest BCUT2D eigenvalue weighted by Gasteiger charge is -2.10. The van der Waals surface area contributed by atoms with Gasteiger partial charge in [-0.2, -0.15) is 0 Å². The van der Waals surface area contributed by atoms with E-state index < -0.39 is 17.5 Å². The van der Waals surface area contributed by atoms with Crippen LogP contribution in [0.5, 0.6) is 5.75 Å². The molecule has 0 spiro atoms. The van der Waals surface area contributed by atoms with Crippen molar-refractivity contribution in [1.82, 2.24) is 9.97 Å². The van der Waals surface area contributed by atoms with E-state index in [1.54, 1.807) is 7.11 Å². The first kappa shape index (κ1) is 19.2. The SMILES string of the molecule is COc1ccccc1CCNc1nccc(C(=O)Nc2ccc(F)cc2F)n1. The van der Waals surface area contributed by atoms with E-state index in [9.17, 15) is 13.6 Å². The Kier molecular flexibility index (Phi) is 6.11. The molecular weight excluding hydrogens is 366 g/mol. The number of aromatic nitrogens is 2. The molecule has 144 valence electrons. The fraction of sp³-hybridized carbons (Fsp3) is 0.150. The normalized spacial score (nSPS) is 10.4. The Bertz CT molecular complexity index is 982. The number of benzene rings is 2. The zero-order valence-corrected chi connectivity index (χ0v) is 15.1. The maximum Gasteiger partial charge on any atom is 0.274 e. The number of nitrogens with zero attached hydrogens (tertiary/aromatic N) is 2. The van der Waals surface area contributed by atoms with Crippen LogP contribution in [-0.2, 0) is 6.42 Å². The lowest BCUT2D eigenvalue weighted by Crippen LogP contribution is -2.16. The molecule has 0 aliphatic rings. The summed E-state index contributed by atoms with van der Waals surface area (Å²) >= 11 is 0. The minimum Gasteiger partial charge on any atom is -0.496 e. The first-order chi connectivity index (χ1) is 13.6. The molecule has 6 nitrogen and oxygen atoms in total. The fourth-order valence-corrected chi connectivity index (χ4v) is 2.57. The Hall–Kier alpha value is -3.55. The zero-order valence-electron chi connectivity index (χ0n) is 15.1. The monoisotopic (exact) mass is 384 g/mol. The highest BCUT2D eigenvalue weighted by Gasteiger charge is 2.12. The number of carbonyl (C=O) groups excluding carboxylic acids is 1. The number of halogens is 2. The van der Waals surface area contributed by atoms with Crippen LogP contribution in [0.15, 0.2) is 54.7 Å². The van der Waals surface area contributed by atoms with Gasteiger partial charge in [0.05, 0.1) is 12.8 Å². The molecular formula is C20H18F2N4O2. The van der Waals surface area contributed by atoms with Gasteiger partial charge < -0.3 is 15.4 Å². The van der Waals surface area contributed by atoms with Crippen LogP contribution in [0.1, 0.15) is 16.1 Å². The molecule has 0 bridgehead atoms. The van der Waals surface area contributed by atoms with Crippen molar-refractivity contribution in [3.05, 3.63) is 77.6 Å². The quantitative estimate of drug-likeness (QED) is 0.650. The highest BCUT2D eigenvalue weighted by atomic mass is 19.1. The van der Waals surface area contributed by atoms with Crippen LogP contribution in [0.3, 0.4) is 0 Å². The second kappa shape index (κ2) is 8.90. The second-order valence-electron chi connectivity index (χ2n) is 5.83. The Balaban J connectivity index is 1.62. The largest absolute Gasteiger partial charge is 0.496 e. The molecule has 3 rings (SSSR count). The van der Waals surface area contributed by atoms with Gasteiger partial charge in [-0.25, -0.2) is 18.7 Å². The molecule has 1 amide bonds. The van der Waals surface area contributed by atoms with Crippen molar-refractivity contribution in [2.45, 2.75) is 6.42 Å². The highest BCUT2D eigenvalue weighted by Crippen LogP contribution is 2.18. The molecule has 3 aromatic rings. The highest BCUT2D eigenvalue weighted by molar-refractivity contribution is 6.03. The van der Waals surface area contributed by atoms with Crippen molar-refractivity contribution >= 4 is 17.5 Å². The molecule has 1 heterocycles. The minimum atomic E-state index is -0.863. The third-order valence-electron chi connectivity index (χ3n) is 3.94. The summed E-state index contributed by atoms with van der Waals surface area (Å²) in [6.07, 6.45) is 2.10. The van der Waals surface area contributed by atoms with Gasteiger partial charge in [0.15, 0.2) is 0 Å². The van der Waals surface area contributed by atoms with Gasteiger partial charge in [-0.1, -0.05) is 18.2 Å². The molecule has 0 aliphatic carbocycles. The summed E-state index contributed by atoms with van der Waals surface area (Å²) in [6, 6.07) is 12.0. The van der Waals surface area contributed by atoms with Gasteiger partial charge in [-0.15, -0.1) is 0 Å². The van der Waals surface area contributed by atoms with E-state index in [0.29, 0.717) is 19.0 Å². The Morgan fingerprint density at radius 3 is 2.75 bits per heavy atom. The van der Waals surface area contributed by atoms with Gasteiger partial charge in [0.2, 0.25) is 5.95 Å². The molecule has 8 heteroatoms. The van der Waals surface area contributed by atoms with Crippen molar-refractivity contribution in [1.29, 1.82) is 0 Å². The minimum absolute atomic E-state index is 0.0542. The third-order valence-corrected chi connectivity index (χ3v) is 3.94. The molecule has 0 atom stereocenters. The van der Waals surface area contributed by atoms with E-state index in [1.165, 1.54) is 12.3 Å². The molecule has 2 N–H and O–H groups in total. The zero-order chi connectivity index (χ0) is 19.9. The van der Waals surface area contributed by atoms with Gasteiger partial charge in [0.1, 0.15) is 23.1 Å². The molecule has 0 saturated carbocycles. The molecule has 0 fully saturated rings. The van der Waals surface area contributed by atoms with E-state index >= 15 is 0 Å². The van der Waals surface area contributed by atoms with Crippen LogP contribution in [0.25, 0.3) is 0 Å². The van der Waals surface area contributed by atoms with Crippen LogP contribution in [0.4, 0.5) is 20.4 Å². The second-order valence-corrected chi connectivity index (χ2v) is 5.83. The maximum atomic E-state index is 13.7. The Morgan fingerprint density at radius 2 is 1.96 bits per heavy atom. The van der Waals surface area contributed by atoms with E-state index in [2.05, 4.69) is 20.6 Å². The summed E-state index contributed by atoms with van der Waals surface area (Å²) in [5.74, 6) is -1.15. The summed E-state index contributed by atoms with van der Waals surface area (Å²) in [6.45, 7) is 0.526. The molecule has 0 radical (unpaired) electrons. The first-order valence-electron chi connectivity index (χ1n) is 8.52. The van der Waals surface area contributed by atoms with Crippen molar-refractivity contribution in [2.24, 2.45) is 0 Å². The summed E-state index contributed by atoms with van der Waals surface area (Å²) in [5, 5.41) is 5.40. The number of para-hydroxylation sites is 1. The van der Waals surface area contributed by atoms with Crippen LogP contribution in [0.2, 0.25) is 0 Å². The topological polar surface area (TPSA) is 76.1 Å². The number of hydrogen-bond acceptors (Lipinski definition) is 5. The Morgan fingerprint density at radius 1 is 1.14 bits per heavy atom. The summed E-state index contributed by atoms with van der Waals surface area (Å²) < 4.78 is 32.0. The van der Waals surface area contributed by atoms with E-state index in [-0.39, 0.29) is 17.3 Å². The van der Waals surface area contributed by atoms with Crippen molar-refractivity contribution in [2.75, 3.05) is 24.3 Å². The number of methoxy groups -OCH3 is 1. The molecule has 1 aromatic heterocycles. The predicted octanol–water partition coefficient (Wildman–Crippen LogP) is 3.67. The standard InChI is InChI=1S/C20H18F2N4O2/c1-28-18-5-3-2-4-13(18)8-10-23-20-24-11-9-17(26-20)19(27)25-16-7-6-14(21)12-15(16)22/h2-7,9,11-12H,8,10H2,1H3,(H,25,27)(H,23,24,26). The summed E-state index contributed by atoms with van der Waals surface area (Å²) in [5.41, 5.74) is 0.951. The number of nitrogens with one attached hydrogen (secondary N) is 2. The molecule has 0 unspecified atom stereocenters. The van der Waals surface area contributed by atoms with Crippen molar-refractivity contribution < 1.29 is 18.3 Å². The van der Waals surface area contributed by atoms with Gasteiger partial charge in [-0.3, -0.25) is 4.79 Å². The number of ether oxygens (including phenoxy) is 1. The van der Waals surface area contributed by atoms with Crippen LogP contribution >= 0.6 is 0 Å². The van der Waals surface area contributed by atoms with Crippen molar-refractivity contribution in [3.8, 4) is 5.75 Å². The lowest BCUT2D eigenvalue weighted by molar-refractivity contribution is 0.102. The van der Waals surface area contributed by atoms with Crippen molar-refractivity contribution in [3.63, 3.8) is 0 Å². The predicted molar refractivity (Wildman–Crippen MR) is 102 cm³/mol. The number of carbonyl (C=O) groups is 1. The van der Waals surface area contributed by atoms with Crippen LogP contribution in [0, 0.1) is 11.6 Å². The number of amides is 1. The first-order valence-corrected chi connectivity index (χ1v) is 8.52. The number of anilines is 2. The van der Waals surface area contributed by atoms with Crippen LogP contribution in [-0.4, -0.2) is 29.5 Å². The molecule has 2 aromatic carbocycles. The maximum absolute atomic E-state index is 13.7. The average molecular weight is 384 g/mol. The molecule has 0 saturated heterocycles. The lowest BCUT2D eigenvalue weighted by atomic mass is 10.1.